The molecule has 0 amide bonds. The van der Waals surface area contributed by atoms with Gasteiger partial charge < -0.3 is 15.1 Å². The maximum absolute atomic E-state index is 9.93. The number of rotatable bonds is 2. The number of benzene rings is 1. The Morgan fingerprint density at radius 1 is 1.44 bits per heavy atom. The fourth-order valence-corrected chi connectivity index (χ4v) is 3.03. The lowest BCUT2D eigenvalue weighted by Gasteiger charge is -2.36. The molecule has 0 bridgehead atoms. The van der Waals surface area contributed by atoms with Crippen molar-refractivity contribution in [1.29, 1.82) is 0 Å². The third-order valence-electron chi connectivity index (χ3n) is 3.72. The molecule has 0 aromatic heterocycles. The van der Waals surface area contributed by atoms with Crippen LogP contribution in [0.2, 0.25) is 0 Å². The lowest BCUT2D eigenvalue weighted by atomic mass is 9.95. The molecule has 0 saturated carbocycles. The van der Waals surface area contributed by atoms with Gasteiger partial charge in [-0.05, 0) is 37.0 Å². The molecule has 1 heterocycles. The van der Waals surface area contributed by atoms with E-state index in [-0.39, 0.29) is 6.10 Å². The van der Waals surface area contributed by atoms with Gasteiger partial charge in [0.15, 0.2) is 0 Å². The SMILES string of the molecule is CC(O)c1ccc(N2CCC(C)C(O)C2)cc1Br. The predicted molar refractivity (Wildman–Crippen MR) is 76.8 cm³/mol. The van der Waals surface area contributed by atoms with Gasteiger partial charge in [0.05, 0.1) is 12.2 Å². The lowest BCUT2D eigenvalue weighted by molar-refractivity contribution is 0.103. The van der Waals surface area contributed by atoms with Crippen molar-refractivity contribution in [1.82, 2.24) is 0 Å². The maximum atomic E-state index is 9.93. The van der Waals surface area contributed by atoms with E-state index in [1.165, 1.54) is 0 Å². The minimum absolute atomic E-state index is 0.256. The molecule has 2 rings (SSSR count). The van der Waals surface area contributed by atoms with Crippen LogP contribution in [0, 0.1) is 5.92 Å². The minimum atomic E-state index is -0.472. The summed E-state index contributed by atoms with van der Waals surface area (Å²) >= 11 is 3.49. The molecule has 1 fully saturated rings. The molecule has 100 valence electrons. The van der Waals surface area contributed by atoms with Crippen molar-refractivity contribution >= 4 is 21.6 Å². The Kier molecular flexibility index (Phi) is 4.30. The molecular weight excluding hydrogens is 294 g/mol. The summed E-state index contributed by atoms with van der Waals surface area (Å²) in [7, 11) is 0. The molecule has 1 aromatic carbocycles. The summed E-state index contributed by atoms with van der Waals surface area (Å²) in [5, 5.41) is 19.5. The van der Waals surface area contributed by atoms with Crippen LogP contribution in [-0.4, -0.2) is 29.4 Å². The van der Waals surface area contributed by atoms with Crippen molar-refractivity contribution in [2.75, 3.05) is 18.0 Å². The van der Waals surface area contributed by atoms with Crippen LogP contribution in [0.25, 0.3) is 0 Å². The van der Waals surface area contributed by atoms with E-state index in [0.717, 1.165) is 28.7 Å². The second-order valence-electron chi connectivity index (χ2n) is 5.16. The van der Waals surface area contributed by atoms with Gasteiger partial charge in [-0.1, -0.05) is 28.9 Å². The van der Waals surface area contributed by atoms with Gasteiger partial charge in [0.25, 0.3) is 0 Å². The van der Waals surface area contributed by atoms with Crippen molar-refractivity contribution in [3.05, 3.63) is 28.2 Å². The van der Waals surface area contributed by atoms with Gasteiger partial charge >= 0.3 is 0 Å². The largest absolute Gasteiger partial charge is 0.391 e. The first-order valence-corrected chi connectivity index (χ1v) is 7.19. The summed E-state index contributed by atoms with van der Waals surface area (Å²) in [4.78, 5) is 2.20. The van der Waals surface area contributed by atoms with Gasteiger partial charge in [0.2, 0.25) is 0 Å². The summed E-state index contributed by atoms with van der Waals surface area (Å²) < 4.78 is 0.920. The van der Waals surface area contributed by atoms with E-state index < -0.39 is 6.10 Å². The quantitative estimate of drug-likeness (QED) is 0.882. The highest BCUT2D eigenvalue weighted by Gasteiger charge is 2.24. The Balaban J connectivity index is 2.17. The van der Waals surface area contributed by atoms with E-state index in [9.17, 15) is 10.2 Å². The first kappa shape index (κ1) is 13.8. The molecule has 1 aliphatic heterocycles. The number of halogens is 1. The van der Waals surface area contributed by atoms with Gasteiger partial charge in [-0.2, -0.15) is 0 Å². The van der Waals surface area contributed by atoms with Gasteiger partial charge in [-0.3, -0.25) is 0 Å². The molecule has 3 nitrogen and oxygen atoms in total. The average Bonchev–Trinajstić information content (AvgIpc) is 2.32. The van der Waals surface area contributed by atoms with E-state index in [2.05, 4.69) is 27.8 Å². The molecule has 1 aromatic rings. The van der Waals surface area contributed by atoms with Gasteiger partial charge in [0, 0.05) is 23.2 Å². The van der Waals surface area contributed by atoms with Crippen LogP contribution in [0.5, 0.6) is 0 Å². The topological polar surface area (TPSA) is 43.7 Å². The third-order valence-corrected chi connectivity index (χ3v) is 4.40. The van der Waals surface area contributed by atoms with Crippen LogP contribution < -0.4 is 4.90 Å². The highest BCUT2D eigenvalue weighted by Crippen LogP contribution is 2.30. The first-order valence-electron chi connectivity index (χ1n) is 6.39. The molecule has 18 heavy (non-hydrogen) atoms. The molecule has 1 aliphatic rings. The van der Waals surface area contributed by atoms with Crippen LogP contribution in [-0.2, 0) is 0 Å². The molecule has 0 aliphatic carbocycles. The van der Waals surface area contributed by atoms with Crippen molar-refractivity contribution in [3.8, 4) is 0 Å². The average molecular weight is 314 g/mol. The maximum Gasteiger partial charge on any atom is 0.0772 e. The van der Waals surface area contributed by atoms with Crippen LogP contribution in [0.1, 0.15) is 31.9 Å². The molecule has 3 atom stereocenters. The Bertz CT molecular complexity index is 422. The number of hydrogen-bond acceptors (Lipinski definition) is 3. The zero-order valence-electron chi connectivity index (χ0n) is 10.8. The molecule has 4 heteroatoms. The number of aliphatic hydroxyl groups excluding tert-OH is 2. The van der Waals surface area contributed by atoms with Gasteiger partial charge in [-0.15, -0.1) is 0 Å². The minimum Gasteiger partial charge on any atom is -0.391 e. The van der Waals surface area contributed by atoms with E-state index in [0.29, 0.717) is 12.5 Å². The Morgan fingerprint density at radius 2 is 2.17 bits per heavy atom. The fraction of sp³-hybridized carbons (Fsp3) is 0.571. The highest BCUT2D eigenvalue weighted by molar-refractivity contribution is 9.10. The highest BCUT2D eigenvalue weighted by atomic mass is 79.9. The van der Waals surface area contributed by atoms with Gasteiger partial charge in [-0.25, -0.2) is 0 Å². The van der Waals surface area contributed by atoms with Crippen LogP contribution >= 0.6 is 15.9 Å². The van der Waals surface area contributed by atoms with E-state index in [4.69, 9.17) is 0 Å². The smallest absolute Gasteiger partial charge is 0.0772 e. The first-order chi connectivity index (χ1) is 8.49. The molecule has 1 saturated heterocycles. The fourth-order valence-electron chi connectivity index (χ4n) is 2.33. The number of β-amino-alcohol motifs (C(OH)–C–C–N with tert-alkyl or cyclic N) is 1. The third kappa shape index (κ3) is 2.87. The standard InChI is InChI=1S/C14H20BrNO2/c1-9-5-6-16(8-14(9)18)11-3-4-12(10(2)17)13(15)7-11/h3-4,7,9-10,14,17-18H,5-6,8H2,1-2H3. The van der Waals surface area contributed by atoms with E-state index in [1.54, 1.807) is 6.92 Å². The second-order valence-corrected chi connectivity index (χ2v) is 6.02. The number of hydrogen-bond donors (Lipinski definition) is 2. The molecular formula is C14H20BrNO2. The summed E-state index contributed by atoms with van der Waals surface area (Å²) in [6, 6.07) is 5.97. The predicted octanol–water partition coefficient (Wildman–Crippen LogP) is 2.71. The number of nitrogens with zero attached hydrogens (tertiary/aromatic N) is 1. The van der Waals surface area contributed by atoms with Crippen molar-refractivity contribution in [3.63, 3.8) is 0 Å². The monoisotopic (exact) mass is 313 g/mol. The molecule has 0 radical (unpaired) electrons. The zero-order valence-corrected chi connectivity index (χ0v) is 12.4. The normalized spacial score (nSPS) is 26.2. The number of anilines is 1. The summed E-state index contributed by atoms with van der Waals surface area (Å²) in [6.45, 7) is 5.50. The van der Waals surface area contributed by atoms with E-state index in [1.807, 2.05) is 18.2 Å². The number of piperidine rings is 1. The van der Waals surface area contributed by atoms with Crippen LogP contribution in [0.3, 0.4) is 0 Å². The van der Waals surface area contributed by atoms with Crippen molar-refractivity contribution in [2.24, 2.45) is 5.92 Å². The van der Waals surface area contributed by atoms with Crippen LogP contribution in [0.15, 0.2) is 22.7 Å². The summed E-state index contributed by atoms with van der Waals surface area (Å²) in [5.41, 5.74) is 1.99. The lowest BCUT2D eigenvalue weighted by Crippen LogP contribution is -2.42. The number of aliphatic hydroxyl groups is 2. The Hall–Kier alpha value is -0.580. The zero-order chi connectivity index (χ0) is 13.3. The Labute approximate surface area is 117 Å². The molecule has 2 N–H and O–H groups in total. The molecule has 0 spiro atoms. The van der Waals surface area contributed by atoms with Crippen LogP contribution in [0.4, 0.5) is 5.69 Å². The van der Waals surface area contributed by atoms with Gasteiger partial charge in [0.1, 0.15) is 0 Å². The molecule has 3 unspecified atom stereocenters. The summed E-state index contributed by atoms with van der Waals surface area (Å²) in [5.74, 6) is 0.376. The van der Waals surface area contributed by atoms with E-state index >= 15 is 0 Å². The van der Waals surface area contributed by atoms with Crippen molar-refractivity contribution < 1.29 is 10.2 Å². The summed E-state index contributed by atoms with van der Waals surface area (Å²) in [6.07, 6.45) is 0.283. The second kappa shape index (κ2) is 5.59. The van der Waals surface area contributed by atoms with Crippen molar-refractivity contribution in [2.45, 2.75) is 32.5 Å². The Morgan fingerprint density at radius 3 is 2.72 bits per heavy atom.